The number of nitrogens with one attached hydrogen (secondary N) is 2. The fourth-order valence-corrected chi connectivity index (χ4v) is 1.25. The van der Waals surface area contributed by atoms with Crippen molar-refractivity contribution in [1.29, 1.82) is 0 Å². The monoisotopic (exact) mass is 250 g/mol. The molecule has 0 aliphatic heterocycles. The molecule has 1 atom stereocenters. The molecule has 2 amide bonds. The van der Waals surface area contributed by atoms with Crippen molar-refractivity contribution in [1.82, 2.24) is 5.32 Å². The van der Waals surface area contributed by atoms with Gasteiger partial charge < -0.3 is 15.4 Å². The Kier molecular flexibility index (Phi) is 5.17. The molecule has 1 unspecified atom stereocenters. The third-order valence-electron chi connectivity index (χ3n) is 2.58. The number of benzene rings is 1. The number of ether oxygens (including phenoxy) is 1. The second-order valence-corrected chi connectivity index (χ2v) is 3.97. The molecule has 0 heterocycles. The van der Waals surface area contributed by atoms with Gasteiger partial charge in [-0.2, -0.15) is 0 Å². The molecule has 98 valence electrons. The van der Waals surface area contributed by atoms with Crippen molar-refractivity contribution in [3.63, 3.8) is 0 Å². The van der Waals surface area contributed by atoms with Crippen LogP contribution < -0.4 is 15.4 Å². The maximum atomic E-state index is 11.7. The van der Waals surface area contributed by atoms with Crippen LogP contribution in [-0.4, -0.2) is 19.0 Å². The van der Waals surface area contributed by atoms with E-state index in [0.717, 1.165) is 6.42 Å². The quantitative estimate of drug-likeness (QED) is 0.862. The van der Waals surface area contributed by atoms with Crippen molar-refractivity contribution >= 4 is 17.7 Å². The van der Waals surface area contributed by atoms with Crippen LogP contribution in [0.25, 0.3) is 0 Å². The number of hydrogen-bond donors (Lipinski definition) is 2. The summed E-state index contributed by atoms with van der Waals surface area (Å²) in [5.41, 5.74) is 0.613. The van der Waals surface area contributed by atoms with Gasteiger partial charge in [0.1, 0.15) is 5.75 Å². The summed E-state index contributed by atoms with van der Waals surface area (Å²) in [6.45, 7) is 3.82. The van der Waals surface area contributed by atoms with Gasteiger partial charge in [-0.05, 0) is 18.6 Å². The summed E-state index contributed by atoms with van der Waals surface area (Å²) in [4.78, 5) is 22.8. The summed E-state index contributed by atoms with van der Waals surface area (Å²) in [6, 6.07) is 6.71. The molecule has 0 saturated carbocycles. The summed E-state index contributed by atoms with van der Waals surface area (Å²) in [5.74, 6) is 0.291. The van der Waals surface area contributed by atoms with E-state index >= 15 is 0 Å². The lowest BCUT2D eigenvalue weighted by Crippen LogP contribution is -2.22. The number of anilines is 1. The predicted molar refractivity (Wildman–Crippen MR) is 69.6 cm³/mol. The minimum absolute atomic E-state index is 0.0467. The Labute approximate surface area is 107 Å². The van der Waals surface area contributed by atoms with Crippen LogP contribution in [0.4, 0.5) is 10.5 Å². The molecular weight excluding hydrogens is 232 g/mol. The first kappa shape index (κ1) is 14.0. The maximum absolute atomic E-state index is 11.7. The normalized spacial score (nSPS) is 11.5. The van der Waals surface area contributed by atoms with Crippen LogP contribution in [0.1, 0.15) is 20.3 Å². The molecule has 1 aromatic rings. The van der Waals surface area contributed by atoms with Crippen LogP contribution in [0.2, 0.25) is 0 Å². The van der Waals surface area contributed by atoms with E-state index in [1.165, 1.54) is 7.05 Å². The molecule has 1 rings (SSSR count). The molecule has 0 aromatic heterocycles. The van der Waals surface area contributed by atoms with Crippen LogP contribution in [0.5, 0.6) is 5.75 Å². The number of carbonyl (C=O) groups is 2. The highest BCUT2D eigenvalue weighted by Gasteiger charge is 2.11. The van der Waals surface area contributed by atoms with Crippen LogP contribution in [-0.2, 0) is 4.79 Å². The van der Waals surface area contributed by atoms with Crippen molar-refractivity contribution in [2.45, 2.75) is 20.3 Å². The van der Waals surface area contributed by atoms with Gasteiger partial charge in [0.15, 0.2) is 0 Å². The number of amides is 2. The van der Waals surface area contributed by atoms with Gasteiger partial charge in [-0.3, -0.25) is 4.79 Å². The number of carbonyl (C=O) groups excluding carboxylic acids is 2. The Bertz CT molecular complexity index is 432. The van der Waals surface area contributed by atoms with E-state index < -0.39 is 6.09 Å². The van der Waals surface area contributed by atoms with Crippen LogP contribution in [0.15, 0.2) is 24.3 Å². The van der Waals surface area contributed by atoms with E-state index in [4.69, 9.17) is 4.74 Å². The Morgan fingerprint density at radius 3 is 2.72 bits per heavy atom. The van der Waals surface area contributed by atoms with Crippen LogP contribution >= 0.6 is 0 Å². The van der Waals surface area contributed by atoms with Gasteiger partial charge in [-0.15, -0.1) is 0 Å². The molecule has 5 heteroatoms. The molecule has 2 N–H and O–H groups in total. The lowest BCUT2D eigenvalue weighted by Gasteiger charge is -2.11. The van der Waals surface area contributed by atoms with Crippen molar-refractivity contribution in [3.05, 3.63) is 24.3 Å². The smallest absolute Gasteiger partial charge is 0.410 e. The van der Waals surface area contributed by atoms with Gasteiger partial charge >= 0.3 is 6.09 Å². The zero-order valence-corrected chi connectivity index (χ0v) is 10.8. The second kappa shape index (κ2) is 6.64. The van der Waals surface area contributed by atoms with Crippen LogP contribution in [0, 0.1) is 5.92 Å². The van der Waals surface area contributed by atoms with E-state index in [-0.39, 0.29) is 11.8 Å². The molecule has 0 aliphatic rings. The summed E-state index contributed by atoms with van der Waals surface area (Å²) >= 11 is 0. The van der Waals surface area contributed by atoms with Gasteiger partial charge in [0.05, 0.1) is 0 Å². The number of hydrogen-bond acceptors (Lipinski definition) is 3. The SMILES string of the molecule is CCC(C)C(=O)Nc1cccc(OC(=O)NC)c1. The molecule has 18 heavy (non-hydrogen) atoms. The third-order valence-corrected chi connectivity index (χ3v) is 2.58. The molecule has 1 aromatic carbocycles. The molecular formula is C13H18N2O3. The summed E-state index contributed by atoms with van der Waals surface area (Å²) in [6.07, 6.45) is 0.237. The molecule has 0 fully saturated rings. The molecule has 0 radical (unpaired) electrons. The zero-order chi connectivity index (χ0) is 13.5. The average molecular weight is 250 g/mol. The highest BCUT2D eigenvalue weighted by molar-refractivity contribution is 5.92. The highest BCUT2D eigenvalue weighted by Crippen LogP contribution is 2.18. The Hall–Kier alpha value is -2.04. The predicted octanol–water partition coefficient (Wildman–Crippen LogP) is 2.39. The minimum Gasteiger partial charge on any atom is -0.410 e. The average Bonchev–Trinajstić information content (AvgIpc) is 2.37. The molecule has 0 saturated heterocycles. The van der Waals surface area contributed by atoms with E-state index in [0.29, 0.717) is 11.4 Å². The molecule has 0 spiro atoms. The Balaban J connectivity index is 2.70. The van der Waals surface area contributed by atoms with Gasteiger partial charge in [-0.25, -0.2) is 4.79 Å². The van der Waals surface area contributed by atoms with Crippen molar-refractivity contribution in [3.8, 4) is 5.75 Å². The van der Waals surface area contributed by atoms with Gasteiger partial charge in [0.25, 0.3) is 0 Å². The highest BCUT2D eigenvalue weighted by atomic mass is 16.5. The fraction of sp³-hybridized carbons (Fsp3) is 0.385. The largest absolute Gasteiger partial charge is 0.412 e. The van der Waals surface area contributed by atoms with Gasteiger partial charge in [0, 0.05) is 24.7 Å². The second-order valence-electron chi connectivity index (χ2n) is 3.97. The van der Waals surface area contributed by atoms with Crippen LogP contribution in [0.3, 0.4) is 0 Å². The molecule has 0 bridgehead atoms. The first-order valence-corrected chi connectivity index (χ1v) is 5.87. The van der Waals surface area contributed by atoms with E-state index in [9.17, 15) is 9.59 Å². The first-order valence-electron chi connectivity index (χ1n) is 5.87. The first-order chi connectivity index (χ1) is 8.56. The Morgan fingerprint density at radius 2 is 2.11 bits per heavy atom. The summed E-state index contributed by atoms with van der Waals surface area (Å²) < 4.78 is 4.97. The summed E-state index contributed by atoms with van der Waals surface area (Å²) in [7, 11) is 1.48. The lowest BCUT2D eigenvalue weighted by molar-refractivity contribution is -0.119. The van der Waals surface area contributed by atoms with Gasteiger partial charge in [-0.1, -0.05) is 19.9 Å². The summed E-state index contributed by atoms with van der Waals surface area (Å²) in [5, 5.41) is 5.13. The molecule has 0 aliphatic carbocycles. The van der Waals surface area contributed by atoms with E-state index in [2.05, 4.69) is 10.6 Å². The van der Waals surface area contributed by atoms with Crippen molar-refractivity contribution in [2.24, 2.45) is 5.92 Å². The topological polar surface area (TPSA) is 67.4 Å². The zero-order valence-electron chi connectivity index (χ0n) is 10.8. The minimum atomic E-state index is -0.541. The van der Waals surface area contributed by atoms with E-state index in [1.54, 1.807) is 24.3 Å². The van der Waals surface area contributed by atoms with Crippen molar-refractivity contribution in [2.75, 3.05) is 12.4 Å². The van der Waals surface area contributed by atoms with Crippen molar-refractivity contribution < 1.29 is 14.3 Å². The lowest BCUT2D eigenvalue weighted by atomic mass is 10.1. The molecule has 5 nitrogen and oxygen atoms in total. The van der Waals surface area contributed by atoms with Gasteiger partial charge in [0.2, 0.25) is 5.91 Å². The Morgan fingerprint density at radius 1 is 1.39 bits per heavy atom. The third kappa shape index (κ3) is 4.08. The van der Waals surface area contributed by atoms with E-state index in [1.807, 2.05) is 13.8 Å². The standard InChI is InChI=1S/C13H18N2O3/c1-4-9(2)12(16)15-10-6-5-7-11(8-10)18-13(17)14-3/h5-9H,4H2,1-3H3,(H,14,17)(H,15,16). The fourth-order valence-electron chi connectivity index (χ4n) is 1.25. The maximum Gasteiger partial charge on any atom is 0.412 e. The number of rotatable bonds is 4.